The van der Waals surface area contributed by atoms with E-state index in [-0.39, 0.29) is 6.10 Å². The van der Waals surface area contributed by atoms with E-state index in [2.05, 4.69) is 4.98 Å². The normalized spacial score (nSPS) is 25.2. The predicted molar refractivity (Wildman–Crippen MR) is 83.1 cm³/mol. The number of aromatic nitrogens is 1. The van der Waals surface area contributed by atoms with Gasteiger partial charge in [0.25, 0.3) is 5.19 Å². The summed E-state index contributed by atoms with van der Waals surface area (Å²) in [7, 11) is -3.14. The third kappa shape index (κ3) is 3.96. The van der Waals surface area contributed by atoms with Gasteiger partial charge in [-0.3, -0.25) is 0 Å². The van der Waals surface area contributed by atoms with Crippen LogP contribution in [-0.2, 0) is 10.0 Å². The smallest absolute Gasteiger partial charge is 0.273 e. The molecule has 2 aliphatic rings. The first-order chi connectivity index (χ1) is 10.1. The summed E-state index contributed by atoms with van der Waals surface area (Å²) in [5.41, 5.74) is 0. The molecule has 118 valence electrons. The SMILES string of the molecule is O=S(=O)(CC1CCCCC1)N1CCC(Oc2nccs2)C1. The Balaban J connectivity index is 1.54. The third-order valence-electron chi connectivity index (χ3n) is 4.35. The highest BCUT2D eigenvalue weighted by Gasteiger charge is 2.34. The molecule has 2 fully saturated rings. The summed E-state index contributed by atoms with van der Waals surface area (Å²) in [6.07, 6.45) is 8.13. The molecule has 0 aromatic carbocycles. The Kier molecular flexibility index (Phi) is 4.81. The zero-order valence-electron chi connectivity index (χ0n) is 12.1. The fraction of sp³-hybridized carbons (Fsp3) is 0.786. The van der Waals surface area contributed by atoms with Gasteiger partial charge in [-0.2, -0.15) is 4.31 Å². The Morgan fingerprint density at radius 1 is 1.29 bits per heavy atom. The summed E-state index contributed by atoms with van der Waals surface area (Å²) in [5.74, 6) is 0.666. The van der Waals surface area contributed by atoms with Crippen LogP contribution < -0.4 is 4.74 Å². The number of ether oxygens (including phenoxy) is 1. The van der Waals surface area contributed by atoms with Gasteiger partial charge in [0.2, 0.25) is 10.0 Å². The highest BCUT2D eigenvalue weighted by Crippen LogP contribution is 2.28. The summed E-state index contributed by atoms with van der Waals surface area (Å²) in [6.45, 7) is 1.04. The minimum Gasteiger partial charge on any atom is -0.465 e. The van der Waals surface area contributed by atoms with Crippen LogP contribution in [0.25, 0.3) is 0 Å². The summed E-state index contributed by atoms with van der Waals surface area (Å²) < 4.78 is 32.4. The first kappa shape index (κ1) is 15.2. The average molecular weight is 330 g/mol. The Morgan fingerprint density at radius 3 is 2.81 bits per heavy atom. The van der Waals surface area contributed by atoms with E-state index in [4.69, 9.17) is 4.74 Å². The third-order valence-corrected chi connectivity index (χ3v) is 7.02. The lowest BCUT2D eigenvalue weighted by Gasteiger charge is -2.24. The summed E-state index contributed by atoms with van der Waals surface area (Å²) >= 11 is 1.45. The van der Waals surface area contributed by atoms with Crippen molar-refractivity contribution in [3.63, 3.8) is 0 Å². The fourth-order valence-corrected chi connectivity index (χ4v) is 5.68. The van der Waals surface area contributed by atoms with Crippen LogP contribution >= 0.6 is 11.3 Å². The molecule has 0 spiro atoms. The predicted octanol–water partition coefficient (Wildman–Crippen LogP) is 2.51. The van der Waals surface area contributed by atoms with Crippen molar-refractivity contribution in [2.75, 3.05) is 18.8 Å². The van der Waals surface area contributed by atoms with Crippen molar-refractivity contribution in [1.29, 1.82) is 0 Å². The van der Waals surface area contributed by atoms with E-state index in [1.807, 2.05) is 5.38 Å². The van der Waals surface area contributed by atoms with E-state index in [1.54, 1.807) is 10.5 Å². The number of thiazole rings is 1. The highest BCUT2D eigenvalue weighted by atomic mass is 32.2. The largest absolute Gasteiger partial charge is 0.465 e. The molecule has 1 saturated carbocycles. The maximum atomic E-state index is 12.5. The standard InChI is InChI=1S/C14H22N2O3S2/c17-21(18,11-12-4-2-1-3-5-12)16-8-6-13(10-16)19-14-15-7-9-20-14/h7,9,12-13H,1-6,8,10-11H2. The van der Waals surface area contributed by atoms with Gasteiger partial charge < -0.3 is 4.74 Å². The lowest BCUT2D eigenvalue weighted by Crippen LogP contribution is -2.35. The fourth-order valence-electron chi connectivity index (χ4n) is 3.21. The van der Waals surface area contributed by atoms with Gasteiger partial charge >= 0.3 is 0 Å². The second-order valence-electron chi connectivity index (χ2n) is 5.97. The van der Waals surface area contributed by atoms with Gasteiger partial charge in [0.1, 0.15) is 6.10 Å². The Hall–Kier alpha value is -0.660. The molecule has 7 heteroatoms. The number of sulfonamides is 1. The Morgan fingerprint density at radius 2 is 2.10 bits per heavy atom. The second-order valence-corrected chi connectivity index (χ2v) is 8.84. The molecule has 21 heavy (non-hydrogen) atoms. The van der Waals surface area contributed by atoms with E-state index >= 15 is 0 Å². The summed E-state index contributed by atoms with van der Waals surface area (Å²) in [6, 6.07) is 0. The minimum absolute atomic E-state index is 0.0581. The number of hydrogen-bond donors (Lipinski definition) is 0. The zero-order valence-corrected chi connectivity index (χ0v) is 13.7. The Bertz CT molecular complexity index is 539. The van der Waals surface area contributed by atoms with Crippen LogP contribution in [0.3, 0.4) is 0 Å². The van der Waals surface area contributed by atoms with Crippen LogP contribution in [0.5, 0.6) is 5.19 Å². The van der Waals surface area contributed by atoms with Crippen molar-refractivity contribution in [1.82, 2.24) is 9.29 Å². The summed E-state index contributed by atoms with van der Waals surface area (Å²) in [4.78, 5) is 4.09. The van der Waals surface area contributed by atoms with Crippen LogP contribution in [0, 0.1) is 5.92 Å². The van der Waals surface area contributed by atoms with Gasteiger partial charge in [0.15, 0.2) is 0 Å². The number of rotatable bonds is 5. The molecule has 0 amide bonds. The van der Waals surface area contributed by atoms with Crippen molar-refractivity contribution < 1.29 is 13.2 Å². The molecule has 3 rings (SSSR count). The molecule has 1 aliphatic carbocycles. The zero-order chi connectivity index (χ0) is 14.7. The number of nitrogens with zero attached hydrogens (tertiary/aromatic N) is 2. The van der Waals surface area contributed by atoms with Crippen molar-refractivity contribution in [3.05, 3.63) is 11.6 Å². The molecule has 0 radical (unpaired) electrons. The van der Waals surface area contributed by atoms with Crippen LogP contribution in [-0.4, -0.2) is 42.7 Å². The van der Waals surface area contributed by atoms with Gasteiger partial charge in [-0.25, -0.2) is 13.4 Å². The molecule has 1 unspecified atom stereocenters. The van der Waals surface area contributed by atoms with E-state index in [9.17, 15) is 8.42 Å². The van der Waals surface area contributed by atoms with Crippen molar-refractivity contribution in [2.45, 2.75) is 44.6 Å². The maximum absolute atomic E-state index is 12.5. The van der Waals surface area contributed by atoms with Gasteiger partial charge in [-0.05, 0) is 25.2 Å². The molecule has 0 N–H and O–H groups in total. The van der Waals surface area contributed by atoms with E-state index in [1.165, 1.54) is 30.6 Å². The molecule has 1 atom stereocenters. The molecule has 2 heterocycles. The number of hydrogen-bond acceptors (Lipinski definition) is 5. The molecular formula is C14H22N2O3S2. The van der Waals surface area contributed by atoms with Gasteiger partial charge in [0, 0.05) is 18.1 Å². The topological polar surface area (TPSA) is 59.5 Å². The van der Waals surface area contributed by atoms with E-state index < -0.39 is 10.0 Å². The maximum Gasteiger partial charge on any atom is 0.273 e. The van der Waals surface area contributed by atoms with Gasteiger partial charge in [-0.1, -0.05) is 30.6 Å². The Labute approximate surface area is 130 Å². The summed E-state index contributed by atoms with van der Waals surface area (Å²) in [5, 5.41) is 2.49. The first-order valence-electron chi connectivity index (χ1n) is 7.67. The first-order valence-corrected chi connectivity index (χ1v) is 10.2. The minimum atomic E-state index is -3.14. The molecule has 1 aliphatic heterocycles. The quantitative estimate of drug-likeness (QED) is 0.832. The van der Waals surface area contributed by atoms with Crippen molar-refractivity contribution in [3.8, 4) is 5.19 Å². The molecule has 1 aromatic rings. The van der Waals surface area contributed by atoms with Crippen LogP contribution in [0.4, 0.5) is 0 Å². The van der Waals surface area contributed by atoms with Crippen LogP contribution in [0.2, 0.25) is 0 Å². The molecule has 1 saturated heterocycles. The van der Waals surface area contributed by atoms with Crippen molar-refractivity contribution in [2.24, 2.45) is 5.92 Å². The van der Waals surface area contributed by atoms with Crippen LogP contribution in [0.1, 0.15) is 38.5 Å². The lowest BCUT2D eigenvalue weighted by atomic mass is 9.91. The highest BCUT2D eigenvalue weighted by molar-refractivity contribution is 7.89. The average Bonchev–Trinajstić information content (AvgIpc) is 3.12. The molecule has 5 nitrogen and oxygen atoms in total. The van der Waals surface area contributed by atoms with Gasteiger partial charge in [0.05, 0.1) is 12.3 Å². The van der Waals surface area contributed by atoms with E-state index in [0.717, 1.165) is 19.3 Å². The molecular weight excluding hydrogens is 308 g/mol. The monoisotopic (exact) mass is 330 g/mol. The van der Waals surface area contributed by atoms with E-state index in [0.29, 0.717) is 30.0 Å². The van der Waals surface area contributed by atoms with Gasteiger partial charge in [-0.15, -0.1) is 0 Å². The molecule has 1 aromatic heterocycles. The second kappa shape index (κ2) is 6.62. The van der Waals surface area contributed by atoms with Crippen LogP contribution in [0.15, 0.2) is 11.6 Å². The van der Waals surface area contributed by atoms with Crippen molar-refractivity contribution >= 4 is 21.4 Å². The lowest BCUT2D eigenvalue weighted by molar-refractivity contribution is 0.214. The molecule has 0 bridgehead atoms.